The van der Waals surface area contributed by atoms with Gasteiger partial charge in [0.2, 0.25) is 12.7 Å². The summed E-state index contributed by atoms with van der Waals surface area (Å²) in [5, 5.41) is 0. The van der Waals surface area contributed by atoms with Crippen LogP contribution in [-0.4, -0.2) is 54.7 Å². The first-order chi connectivity index (χ1) is 11.5. The largest absolute Gasteiger partial charge is 0.454 e. The Labute approximate surface area is 156 Å². The summed E-state index contributed by atoms with van der Waals surface area (Å²) in [7, 11) is 1.90. The smallest absolute Gasteiger partial charge is 0.246 e. The molecule has 5 nitrogen and oxygen atoms in total. The number of nitrogens with zero attached hydrogens (tertiary/aromatic N) is 2. The van der Waals surface area contributed by atoms with E-state index >= 15 is 0 Å². The molecule has 0 bridgehead atoms. The maximum absolute atomic E-state index is 12.5. The minimum absolute atomic E-state index is 0. The van der Waals surface area contributed by atoms with Gasteiger partial charge in [0.1, 0.15) is 0 Å². The van der Waals surface area contributed by atoms with Crippen molar-refractivity contribution in [1.82, 2.24) is 9.80 Å². The number of piperidine rings is 1. The van der Waals surface area contributed by atoms with Crippen molar-refractivity contribution < 1.29 is 14.3 Å². The number of likely N-dealkylation sites (tertiary alicyclic amines) is 1. The first kappa shape index (κ1) is 19.6. The van der Waals surface area contributed by atoms with Gasteiger partial charge in [-0.1, -0.05) is 6.07 Å². The standard InChI is InChI=1S/C19H26N2O3.ClH/c1-14(2)21-10-4-5-16(12-21)20(3)19(22)9-7-15-6-8-17-18(11-15)24-13-23-17;/h6-9,11,14,16H,4-5,10,12-13H2,1-3H3;1H/b9-7+;. The van der Waals surface area contributed by atoms with Crippen LogP contribution in [0.1, 0.15) is 32.3 Å². The summed E-state index contributed by atoms with van der Waals surface area (Å²) in [5.41, 5.74) is 0.938. The molecule has 0 aromatic heterocycles. The minimum atomic E-state index is 0. The zero-order valence-electron chi connectivity index (χ0n) is 15.1. The monoisotopic (exact) mass is 366 g/mol. The quantitative estimate of drug-likeness (QED) is 0.767. The summed E-state index contributed by atoms with van der Waals surface area (Å²) in [5.74, 6) is 1.53. The Morgan fingerprint density at radius 2 is 2.08 bits per heavy atom. The lowest BCUT2D eigenvalue weighted by molar-refractivity contribution is -0.127. The van der Waals surface area contributed by atoms with E-state index in [0.29, 0.717) is 6.04 Å². The molecule has 2 aliphatic rings. The van der Waals surface area contributed by atoms with Gasteiger partial charge < -0.3 is 14.4 Å². The predicted molar refractivity (Wildman–Crippen MR) is 101 cm³/mol. The van der Waals surface area contributed by atoms with Crippen molar-refractivity contribution in [2.75, 3.05) is 26.9 Å². The Kier molecular flexibility index (Phi) is 6.73. The van der Waals surface area contributed by atoms with E-state index in [-0.39, 0.29) is 31.1 Å². The lowest BCUT2D eigenvalue weighted by atomic mass is 10.0. The summed E-state index contributed by atoms with van der Waals surface area (Å²) in [4.78, 5) is 16.8. The molecule has 0 spiro atoms. The SMILES string of the molecule is CC(C)N1CCCC(N(C)C(=O)/C=C/c2ccc3c(c2)OCO3)C1.Cl. The number of likely N-dealkylation sites (N-methyl/N-ethyl adjacent to an activating group) is 1. The number of rotatable bonds is 4. The average Bonchev–Trinajstić information content (AvgIpc) is 3.06. The number of halogens is 1. The predicted octanol–water partition coefficient (Wildman–Crippen LogP) is 3.18. The summed E-state index contributed by atoms with van der Waals surface area (Å²) in [6.07, 6.45) is 5.70. The van der Waals surface area contributed by atoms with Gasteiger partial charge >= 0.3 is 0 Å². The molecule has 6 heteroatoms. The molecule has 1 amide bonds. The lowest BCUT2D eigenvalue weighted by Crippen LogP contribution is -2.50. The fraction of sp³-hybridized carbons (Fsp3) is 0.526. The highest BCUT2D eigenvalue weighted by Crippen LogP contribution is 2.32. The molecule has 1 aromatic carbocycles. The highest BCUT2D eigenvalue weighted by molar-refractivity contribution is 5.92. The van der Waals surface area contributed by atoms with Crippen molar-refractivity contribution >= 4 is 24.4 Å². The van der Waals surface area contributed by atoms with Crippen LogP contribution in [-0.2, 0) is 4.79 Å². The van der Waals surface area contributed by atoms with E-state index in [1.54, 1.807) is 6.08 Å². The normalized spacial score (nSPS) is 19.9. The maximum Gasteiger partial charge on any atom is 0.246 e. The average molecular weight is 367 g/mol. The van der Waals surface area contributed by atoms with E-state index in [1.807, 2.05) is 36.2 Å². The maximum atomic E-state index is 12.5. The summed E-state index contributed by atoms with van der Waals surface area (Å²) in [6.45, 7) is 6.77. The van der Waals surface area contributed by atoms with Crippen molar-refractivity contribution in [3.05, 3.63) is 29.8 Å². The number of carbonyl (C=O) groups is 1. The van der Waals surface area contributed by atoms with E-state index in [2.05, 4.69) is 18.7 Å². The van der Waals surface area contributed by atoms with Crippen molar-refractivity contribution in [1.29, 1.82) is 0 Å². The summed E-state index contributed by atoms with van der Waals surface area (Å²) < 4.78 is 10.7. The van der Waals surface area contributed by atoms with Crippen LogP contribution in [0.25, 0.3) is 6.08 Å². The van der Waals surface area contributed by atoms with E-state index in [4.69, 9.17) is 9.47 Å². The van der Waals surface area contributed by atoms with Gasteiger partial charge in [-0.25, -0.2) is 0 Å². The fourth-order valence-electron chi connectivity index (χ4n) is 3.25. The third-order valence-electron chi connectivity index (χ3n) is 4.87. The van der Waals surface area contributed by atoms with Crippen molar-refractivity contribution in [2.24, 2.45) is 0 Å². The number of carbonyl (C=O) groups excluding carboxylic acids is 1. The van der Waals surface area contributed by atoms with Crippen molar-refractivity contribution in [2.45, 2.75) is 38.8 Å². The number of benzene rings is 1. The molecule has 1 unspecified atom stereocenters. The van der Waals surface area contributed by atoms with Gasteiger partial charge in [0.15, 0.2) is 11.5 Å². The van der Waals surface area contributed by atoms with E-state index < -0.39 is 0 Å². The third-order valence-corrected chi connectivity index (χ3v) is 4.87. The molecule has 138 valence electrons. The second-order valence-corrected chi connectivity index (χ2v) is 6.78. The zero-order chi connectivity index (χ0) is 17.1. The second kappa shape index (κ2) is 8.59. The van der Waals surface area contributed by atoms with Crippen LogP contribution in [0.3, 0.4) is 0 Å². The van der Waals surface area contributed by atoms with E-state index in [1.165, 1.54) is 0 Å². The molecule has 0 aliphatic carbocycles. The van der Waals surface area contributed by atoms with Gasteiger partial charge in [-0.15, -0.1) is 12.4 Å². The van der Waals surface area contributed by atoms with Crippen LogP contribution in [0.15, 0.2) is 24.3 Å². The first-order valence-corrected chi connectivity index (χ1v) is 8.63. The van der Waals surface area contributed by atoms with Crippen LogP contribution in [0, 0.1) is 0 Å². The van der Waals surface area contributed by atoms with Gasteiger partial charge in [-0.05, 0) is 57.0 Å². The Morgan fingerprint density at radius 3 is 2.84 bits per heavy atom. The van der Waals surface area contributed by atoms with Crippen molar-refractivity contribution in [3.63, 3.8) is 0 Å². The molecule has 0 radical (unpaired) electrons. The molecule has 0 N–H and O–H groups in total. The molecule has 1 saturated heterocycles. The van der Waals surface area contributed by atoms with Crippen LogP contribution in [0.2, 0.25) is 0 Å². The van der Waals surface area contributed by atoms with Gasteiger partial charge in [0.25, 0.3) is 0 Å². The van der Waals surface area contributed by atoms with Gasteiger partial charge in [-0.3, -0.25) is 9.69 Å². The summed E-state index contributed by atoms with van der Waals surface area (Å²) >= 11 is 0. The molecule has 0 saturated carbocycles. The molecular formula is C19H27ClN2O3. The van der Waals surface area contributed by atoms with Crippen molar-refractivity contribution in [3.8, 4) is 11.5 Å². The van der Waals surface area contributed by atoms with E-state index in [0.717, 1.165) is 43.0 Å². The lowest BCUT2D eigenvalue weighted by Gasteiger charge is -2.39. The highest BCUT2D eigenvalue weighted by atomic mass is 35.5. The van der Waals surface area contributed by atoms with Crippen LogP contribution >= 0.6 is 12.4 Å². The molecule has 1 fully saturated rings. The second-order valence-electron chi connectivity index (χ2n) is 6.78. The number of amides is 1. The molecule has 2 aliphatic heterocycles. The van der Waals surface area contributed by atoms with Gasteiger partial charge in [-0.2, -0.15) is 0 Å². The minimum Gasteiger partial charge on any atom is -0.454 e. The molecule has 3 rings (SSSR count). The van der Waals surface area contributed by atoms with Crippen LogP contribution in [0.5, 0.6) is 11.5 Å². The topological polar surface area (TPSA) is 42.0 Å². The number of hydrogen-bond acceptors (Lipinski definition) is 4. The number of fused-ring (bicyclic) bond motifs is 1. The van der Waals surface area contributed by atoms with Gasteiger partial charge in [0.05, 0.1) is 0 Å². The summed E-state index contributed by atoms with van der Waals surface area (Å²) in [6, 6.07) is 6.51. The molecule has 2 heterocycles. The molecule has 1 aromatic rings. The Bertz CT molecular complexity index is 633. The zero-order valence-corrected chi connectivity index (χ0v) is 15.9. The highest BCUT2D eigenvalue weighted by Gasteiger charge is 2.26. The van der Waals surface area contributed by atoms with Crippen LogP contribution < -0.4 is 9.47 Å². The Balaban J connectivity index is 0.00000225. The third kappa shape index (κ3) is 4.67. The number of hydrogen-bond donors (Lipinski definition) is 0. The van der Waals surface area contributed by atoms with Crippen LogP contribution in [0.4, 0.5) is 0 Å². The molecular weight excluding hydrogens is 340 g/mol. The molecule has 1 atom stereocenters. The Hall–Kier alpha value is -1.72. The number of ether oxygens (including phenoxy) is 2. The fourth-order valence-corrected chi connectivity index (χ4v) is 3.25. The van der Waals surface area contributed by atoms with E-state index in [9.17, 15) is 4.79 Å². The Morgan fingerprint density at radius 1 is 1.32 bits per heavy atom. The first-order valence-electron chi connectivity index (χ1n) is 8.63. The molecule has 25 heavy (non-hydrogen) atoms. The van der Waals surface area contributed by atoms with Gasteiger partial charge in [0, 0.05) is 31.8 Å².